The summed E-state index contributed by atoms with van der Waals surface area (Å²) in [4.78, 5) is 51.7. The highest BCUT2D eigenvalue weighted by molar-refractivity contribution is 5.93. The van der Waals surface area contributed by atoms with Crippen molar-refractivity contribution in [3.05, 3.63) is 35.4 Å². The standard InChI is InChI=1S/C31H45N3O7/c1-5-21-14-16-22(17-15-21)24(20-35)32-29(40)25-18-23(36)19-34(25)30(41)28(31(2,3)4)33-26(37)12-10-8-6-7-9-11-13-27(38)39/h1,14-17,23-25,28,35-36H,6-13,18-20H2,2-4H3,(H,32,40)(H,33,37)(H,38,39)/t23-,24?,25+,28?/m1/s1. The molecule has 1 aliphatic heterocycles. The predicted molar refractivity (Wildman–Crippen MR) is 154 cm³/mol. The number of rotatable bonds is 15. The van der Waals surface area contributed by atoms with Gasteiger partial charge < -0.3 is 30.9 Å². The van der Waals surface area contributed by atoms with Gasteiger partial charge in [0, 0.05) is 31.4 Å². The molecule has 10 heteroatoms. The summed E-state index contributed by atoms with van der Waals surface area (Å²) in [5.41, 5.74) is 0.657. The smallest absolute Gasteiger partial charge is 0.303 e. The number of benzene rings is 1. The molecule has 10 nitrogen and oxygen atoms in total. The molecular formula is C31H45N3O7. The fourth-order valence-electron chi connectivity index (χ4n) is 4.94. The van der Waals surface area contributed by atoms with Crippen molar-refractivity contribution < 1.29 is 34.5 Å². The second-order valence-corrected chi connectivity index (χ2v) is 11.8. The molecule has 5 N–H and O–H groups in total. The van der Waals surface area contributed by atoms with Crippen LogP contribution in [0.25, 0.3) is 0 Å². The van der Waals surface area contributed by atoms with Crippen LogP contribution in [0.3, 0.4) is 0 Å². The molecule has 0 bridgehead atoms. The van der Waals surface area contributed by atoms with Gasteiger partial charge in [-0.2, -0.15) is 0 Å². The van der Waals surface area contributed by atoms with Gasteiger partial charge in [0.05, 0.1) is 18.8 Å². The number of aliphatic hydroxyl groups is 2. The molecular weight excluding hydrogens is 526 g/mol. The second-order valence-electron chi connectivity index (χ2n) is 11.8. The molecule has 226 valence electrons. The lowest BCUT2D eigenvalue weighted by molar-refractivity contribution is -0.144. The van der Waals surface area contributed by atoms with E-state index in [4.69, 9.17) is 11.5 Å². The Morgan fingerprint density at radius 1 is 1.00 bits per heavy atom. The fraction of sp³-hybridized carbons (Fsp3) is 0.613. The van der Waals surface area contributed by atoms with Gasteiger partial charge in [-0.1, -0.05) is 64.5 Å². The molecule has 1 heterocycles. The van der Waals surface area contributed by atoms with Gasteiger partial charge in [-0.05, 0) is 36.0 Å². The zero-order chi connectivity index (χ0) is 30.6. The first kappa shape index (κ1) is 33.8. The minimum absolute atomic E-state index is 0.0398. The van der Waals surface area contributed by atoms with Crippen LogP contribution in [0, 0.1) is 17.8 Å². The number of terminal acetylenes is 1. The lowest BCUT2D eigenvalue weighted by Crippen LogP contribution is -2.58. The Balaban J connectivity index is 1.99. The summed E-state index contributed by atoms with van der Waals surface area (Å²) >= 11 is 0. The molecule has 0 aliphatic carbocycles. The van der Waals surface area contributed by atoms with Gasteiger partial charge in [0.15, 0.2) is 0 Å². The summed E-state index contributed by atoms with van der Waals surface area (Å²) in [5, 5.41) is 34.6. The van der Waals surface area contributed by atoms with Crippen LogP contribution in [0.15, 0.2) is 24.3 Å². The molecule has 0 radical (unpaired) electrons. The maximum absolute atomic E-state index is 13.7. The molecule has 1 fully saturated rings. The SMILES string of the molecule is C#Cc1ccc(C(CO)NC(=O)[C@@H]2C[C@@H](O)CN2C(=O)C(NC(=O)CCCCCCCCC(=O)O)C(C)(C)C)cc1. The zero-order valence-electron chi connectivity index (χ0n) is 24.4. The summed E-state index contributed by atoms with van der Waals surface area (Å²) in [7, 11) is 0. The van der Waals surface area contributed by atoms with E-state index in [-0.39, 0.29) is 38.3 Å². The van der Waals surface area contributed by atoms with E-state index in [0.717, 1.165) is 25.7 Å². The number of carbonyl (C=O) groups is 4. The number of carbonyl (C=O) groups excluding carboxylic acids is 3. The Bertz CT molecular complexity index is 1070. The van der Waals surface area contributed by atoms with Crippen molar-refractivity contribution in [2.75, 3.05) is 13.2 Å². The van der Waals surface area contributed by atoms with Gasteiger partial charge in [0.25, 0.3) is 0 Å². The molecule has 41 heavy (non-hydrogen) atoms. The van der Waals surface area contributed by atoms with E-state index in [0.29, 0.717) is 24.0 Å². The van der Waals surface area contributed by atoms with Gasteiger partial charge in [-0.3, -0.25) is 19.2 Å². The van der Waals surface area contributed by atoms with E-state index in [1.54, 1.807) is 24.3 Å². The normalized spacial score (nSPS) is 18.3. The van der Waals surface area contributed by atoms with E-state index in [2.05, 4.69) is 16.6 Å². The van der Waals surface area contributed by atoms with Crippen molar-refractivity contribution >= 4 is 23.7 Å². The molecule has 0 spiro atoms. The van der Waals surface area contributed by atoms with Crippen molar-refractivity contribution in [2.45, 2.75) is 103 Å². The number of likely N-dealkylation sites (tertiary alicyclic amines) is 1. The molecule has 3 amide bonds. The van der Waals surface area contributed by atoms with E-state index in [9.17, 15) is 29.4 Å². The third-order valence-corrected chi connectivity index (χ3v) is 7.31. The van der Waals surface area contributed by atoms with Crippen LogP contribution in [0.5, 0.6) is 0 Å². The summed E-state index contributed by atoms with van der Waals surface area (Å²) in [6, 6.07) is 4.26. The number of carboxylic acid groups (broad SMARTS) is 1. The minimum Gasteiger partial charge on any atom is -0.481 e. The molecule has 1 aromatic rings. The lowest BCUT2D eigenvalue weighted by Gasteiger charge is -2.35. The highest BCUT2D eigenvalue weighted by atomic mass is 16.4. The van der Waals surface area contributed by atoms with Crippen LogP contribution >= 0.6 is 0 Å². The van der Waals surface area contributed by atoms with Crippen molar-refractivity contribution in [3.63, 3.8) is 0 Å². The topological polar surface area (TPSA) is 156 Å². The Labute approximate surface area is 242 Å². The molecule has 0 aromatic heterocycles. The highest BCUT2D eigenvalue weighted by Crippen LogP contribution is 2.27. The van der Waals surface area contributed by atoms with E-state index >= 15 is 0 Å². The predicted octanol–water partition coefficient (Wildman–Crippen LogP) is 2.52. The first-order chi connectivity index (χ1) is 19.4. The minimum atomic E-state index is -0.959. The molecule has 1 aliphatic rings. The van der Waals surface area contributed by atoms with Crippen LogP contribution in [-0.4, -0.2) is 75.2 Å². The third kappa shape index (κ3) is 10.8. The van der Waals surface area contributed by atoms with Gasteiger partial charge in [-0.15, -0.1) is 6.42 Å². The van der Waals surface area contributed by atoms with Gasteiger partial charge in [-0.25, -0.2) is 0 Å². The number of hydrogen-bond donors (Lipinski definition) is 5. The van der Waals surface area contributed by atoms with Crippen LogP contribution in [0.2, 0.25) is 0 Å². The Morgan fingerprint density at radius 3 is 2.12 bits per heavy atom. The van der Waals surface area contributed by atoms with Crippen molar-refractivity contribution in [3.8, 4) is 12.3 Å². The molecule has 4 atom stereocenters. The van der Waals surface area contributed by atoms with Crippen molar-refractivity contribution in [1.82, 2.24) is 15.5 Å². The summed E-state index contributed by atoms with van der Waals surface area (Å²) in [6.45, 7) is 5.08. The number of aliphatic carboxylic acids is 1. The van der Waals surface area contributed by atoms with Crippen LogP contribution in [0.1, 0.15) is 95.7 Å². The molecule has 2 unspecified atom stereocenters. The number of β-amino-alcohol motifs (C(OH)–C–C–N with tert-alkyl or cyclic N) is 1. The number of aliphatic hydroxyl groups excluding tert-OH is 2. The number of hydrogen-bond acceptors (Lipinski definition) is 6. The Morgan fingerprint density at radius 2 is 1.59 bits per heavy atom. The van der Waals surface area contributed by atoms with E-state index in [1.807, 2.05) is 20.8 Å². The summed E-state index contributed by atoms with van der Waals surface area (Å²) in [5.74, 6) is 0.513. The van der Waals surface area contributed by atoms with E-state index in [1.165, 1.54) is 4.90 Å². The Kier molecular flexibility index (Phi) is 13.3. The average Bonchev–Trinajstić information content (AvgIpc) is 3.32. The quantitative estimate of drug-likeness (QED) is 0.160. The second kappa shape index (κ2) is 16.1. The monoisotopic (exact) mass is 571 g/mol. The molecule has 1 aromatic carbocycles. The molecule has 2 rings (SSSR count). The fourth-order valence-corrected chi connectivity index (χ4v) is 4.94. The summed E-state index contributed by atoms with van der Waals surface area (Å²) < 4.78 is 0. The van der Waals surface area contributed by atoms with Crippen molar-refractivity contribution in [1.29, 1.82) is 0 Å². The van der Waals surface area contributed by atoms with Gasteiger partial charge in [0.2, 0.25) is 17.7 Å². The molecule has 0 saturated carbocycles. The maximum Gasteiger partial charge on any atom is 0.303 e. The number of carboxylic acids is 1. The maximum atomic E-state index is 13.7. The largest absolute Gasteiger partial charge is 0.481 e. The molecule has 1 saturated heterocycles. The lowest BCUT2D eigenvalue weighted by atomic mass is 9.85. The number of unbranched alkanes of at least 4 members (excludes halogenated alkanes) is 5. The van der Waals surface area contributed by atoms with Crippen molar-refractivity contribution in [2.24, 2.45) is 5.41 Å². The van der Waals surface area contributed by atoms with Crippen LogP contribution in [-0.2, 0) is 19.2 Å². The number of amides is 3. The van der Waals surface area contributed by atoms with Gasteiger partial charge in [0.1, 0.15) is 12.1 Å². The first-order valence-corrected chi connectivity index (χ1v) is 14.3. The van der Waals surface area contributed by atoms with Crippen LogP contribution < -0.4 is 10.6 Å². The summed E-state index contributed by atoms with van der Waals surface area (Å²) in [6.07, 6.45) is 9.74. The highest BCUT2D eigenvalue weighted by Gasteiger charge is 2.44. The number of nitrogens with one attached hydrogen (secondary N) is 2. The van der Waals surface area contributed by atoms with E-state index < -0.39 is 47.4 Å². The number of nitrogens with zero attached hydrogens (tertiary/aromatic N) is 1. The first-order valence-electron chi connectivity index (χ1n) is 14.3. The Hall–Kier alpha value is -3.42. The zero-order valence-corrected chi connectivity index (χ0v) is 24.4. The van der Waals surface area contributed by atoms with Crippen LogP contribution in [0.4, 0.5) is 0 Å². The third-order valence-electron chi connectivity index (χ3n) is 7.31. The van der Waals surface area contributed by atoms with Gasteiger partial charge >= 0.3 is 5.97 Å². The average molecular weight is 572 g/mol.